The van der Waals surface area contributed by atoms with Crippen molar-refractivity contribution in [1.82, 2.24) is 24.6 Å². The summed E-state index contributed by atoms with van der Waals surface area (Å²) < 4.78 is 44.7. The van der Waals surface area contributed by atoms with Crippen molar-refractivity contribution in [2.75, 3.05) is 19.7 Å². The van der Waals surface area contributed by atoms with Crippen molar-refractivity contribution < 1.29 is 22.7 Å². The van der Waals surface area contributed by atoms with Crippen LogP contribution in [0, 0.1) is 0 Å². The Bertz CT molecular complexity index is 732. The zero-order chi connectivity index (χ0) is 17.3. The Kier molecular flexibility index (Phi) is 4.22. The molecule has 128 valence electrons. The summed E-state index contributed by atoms with van der Waals surface area (Å²) in [4.78, 5) is 21.9. The van der Waals surface area contributed by atoms with Crippen molar-refractivity contribution in [3.63, 3.8) is 0 Å². The van der Waals surface area contributed by atoms with Crippen LogP contribution in [0.15, 0.2) is 24.7 Å². The van der Waals surface area contributed by atoms with E-state index in [1.165, 1.54) is 23.5 Å². The second-order valence-corrected chi connectivity index (χ2v) is 5.28. The molecule has 1 aliphatic rings. The number of rotatable bonds is 2. The number of carbonyl (C=O) groups is 1. The van der Waals surface area contributed by atoms with Crippen LogP contribution in [0.2, 0.25) is 0 Å². The molecule has 0 unspecified atom stereocenters. The molecule has 24 heavy (non-hydrogen) atoms. The fraction of sp³-hybridized carbons (Fsp3) is 0.429. The molecule has 0 bridgehead atoms. The first-order valence-corrected chi connectivity index (χ1v) is 7.14. The van der Waals surface area contributed by atoms with E-state index in [9.17, 15) is 18.0 Å². The van der Waals surface area contributed by atoms with Gasteiger partial charge in [0.15, 0.2) is 5.69 Å². The minimum absolute atomic E-state index is 0.176. The van der Waals surface area contributed by atoms with Crippen LogP contribution in [-0.4, -0.2) is 50.3 Å². The highest BCUT2D eigenvalue weighted by atomic mass is 19.4. The van der Waals surface area contributed by atoms with Gasteiger partial charge in [-0.15, -0.1) is 0 Å². The lowest BCUT2D eigenvalue weighted by Gasteiger charge is -2.32. The molecule has 2 aromatic heterocycles. The van der Waals surface area contributed by atoms with Gasteiger partial charge in [0, 0.05) is 32.1 Å². The van der Waals surface area contributed by atoms with Gasteiger partial charge in [-0.05, 0) is 0 Å². The minimum atomic E-state index is -4.56. The molecular formula is C14H14F3N5O2. The minimum Gasteiger partial charge on any atom is -0.368 e. The molecular weight excluding hydrogens is 327 g/mol. The van der Waals surface area contributed by atoms with Crippen molar-refractivity contribution in [3.8, 4) is 0 Å². The SMILES string of the molecule is Cn1nc(C(=O)N2CCO[C@@H](c3cnccn3)C2)cc1C(F)(F)F. The average Bonchev–Trinajstić information content (AvgIpc) is 2.97. The topological polar surface area (TPSA) is 73.1 Å². The van der Waals surface area contributed by atoms with Gasteiger partial charge in [-0.25, -0.2) is 0 Å². The monoisotopic (exact) mass is 341 g/mol. The molecule has 0 saturated carbocycles. The lowest BCUT2D eigenvalue weighted by Crippen LogP contribution is -2.42. The van der Waals surface area contributed by atoms with Crippen LogP contribution < -0.4 is 0 Å². The van der Waals surface area contributed by atoms with Crippen LogP contribution in [-0.2, 0) is 18.0 Å². The number of halogens is 3. The number of hydrogen-bond acceptors (Lipinski definition) is 5. The predicted octanol–water partition coefficient (Wildman–Crippen LogP) is 1.44. The number of ether oxygens (including phenoxy) is 1. The molecule has 0 aromatic carbocycles. The Morgan fingerprint density at radius 3 is 2.79 bits per heavy atom. The standard InChI is InChI=1S/C14H14F3N5O2/c1-21-12(14(15,16)17)6-9(20-21)13(23)22-4-5-24-11(8-22)10-7-18-2-3-19-10/h2-3,6-7,11H,4-5,8H2,1H3/t11-/m1/s1. The molecule has 0 aliphatic carbocycles. The maximum atomic E-state index is 12.8. The molecule has 0 N–H and O–H groups in total. The van der Waals surface area contributed by atoms with E-state index in [1.54, 1.807) is 0 Å². The number of aromatic nitrogens is 4. The molecule has 10 heteroatoms. The largest absolute Gasteiger partial charge is 0.433 e. The van der Waals surface area contributed by atoms with E-state index in [2.05, 4.69) is 15.1 Å². The lowest BCUT2D eigenvalue weighted by atomic mass is 10.2. The summed E-state index contributed by atoms with van der Waals surface area (Å²) in [5.41, 5.74) is -0.652. The lowest BCUT2D eigenvalue weighted by molar-refractivity contribution is -0.143. The second kappa shape index (κ2) is 6.19. The van der Waals surface area contributed by atoms with Gasteiger partial charge < -0.3 is 9.64 Å². The first-order valence-electron chi connectivity index (χ1n) is 7.14. The van der Waals surface area contributed by atoms with Crippen LogP contribution in [0.5, 0.6) is 0 Å². The van der Waals surface area contributed by atoms with E-state index < -0.39 is 23.9 Å². The van der Waals surface area contributed by atoms with Crippen molar-refractivity contribution >= 4 is 5.91 Å². The fourth-order valence-electron chi connectivity index (χ4n) is 2.49. The molecule has 1 atom stereocenters. The Balaban J connectivity index is 1.78. The number of hydrogen-bond donors (Lipinski definition) is 0. The predicted molar refractivity (Wildman–Crippen MR) is 74.8 cm³/mol. The summed E-state index contributed by atoms with van der Waals surface area (Å²) in [6.07, 6.45) is -0.480. The van der Waals surface area contributed by atoms with E-state index in [0.29, 0.717) is 10.4 Å². The Hall–Kier alpha value is -2.49. The summed E-state index contributed by atoms with van der Waals surface area (Å²) in [5, 5.41) is 3.69. The Labute approximate surface area is 135 Å². The van der Waals surface area contributed by atoms with Crippen LogP contribution in [0.25, 0.3) is 0 Å². The van der Waals surface area contributed by atoms with E-state index >= 15 is 0 Å². The summed E-state index contributed by atoms with van der Waals surface area (Å²) >= 11 is 0. The van der Waals surface area contributed by atoms with Crippen molar-refractivity contribution in [3.05, 3.63) is 41.7 Å². The third-order valence-corrected chi connectivity index (χ3v) is 3.66. The van der Waals surface area contributed by atoms with Crippen LogP contribution in [0.1, 0.15) is 28.0 Å². The van der Waals surface area contributed by atoms with Crippen molar-refractivity contribution in [2.24, 2.45) is 7.05 Å². The molecule has 1 aliphatic heterocycles. The van der Waals surface area contributed by atoms with E-state index in [-0.39, 0.29) is 25.4 Å². The molecule has 2 aromatic rings. The van der Waals surface area contributed by atoms with Crippen molar-refractivity contribution in [2.45, 2.75) is 12.3 Å². The van der Waals surface area contributed by atoms with Gasteiger partial charge >= 0.3 is 6.18 Å². The Morgan fingerprint density at radius 2 is 2.17 bits per heavy atom. The van der Waals surface area contributed by atoms with E-state index in [0.717, 1.165) is 13.1 Å². The molecule has 0 radical (unpaired) electrons. The van der Waals surface area contributed by atoms with Gasteiger partial charge in [-0.3, -0.25) is 19.4 Å². The highest BCUT2D eigenvalue weighted by molar-refractivity contribution is 5.92. The maximum Gasteiger partial charge on any atom is 0.433 e. The van der Waals surface area contributed by atoms with Crippen LogP contribution in [0.4, 0.5) is 13.2 Å². The highest BCUT2D eigenvalue weighted by Gasteiger charge is 2.37. The first kappa shape index (κ1) is 16.4. The third kappa shape index (κ3) is 3.23. The number of aryl methyl sites for hydroxylation is 1. The Morgan fingerprint density at radius 1 is 1.38 bits per heavy atom. The second-order valence-electron chi connectivity index (χ2n) is 5.28. The summed E-state index contributed by atoms with van der Waals surface area (Å²) in [6, 6.07) is 0.759. The first-order chi connectivity index (χ1) is 11.4. The molecule has 7 nitrogen and oxygen atoms in total. The van der Waals surface area contributed by atoms with Gasteiger partial charge in [0.05, 0.1) is 25.0 Å². The molecule has 1 saturated heterocycles. The number of carbonyl (C=O) groups excluding carboxylic acids is 1. The van der Waals surface area contributed by atoms with Gasteiger partial charge in [-0.1, -0.05) is 0 Å². The van der Waals surface area contributed by atoms with Gasteiger partial charge in [0.25, 0.3) is 5.91 Å². The zero-order valence-electron chi connectivity index (χ0n) is 12.7. The summed E-state index contributed by atoms with van der Waals surface area (Å²) in [6.45, 7) is 0.703. The highest BCUT2D eigenvalue weighted by Crippen LogP contribution is 2.30. The number of amides is 1. The molecule has 1 amide bonds. The maximum absolute atomic E-state index is 12.8. The van der Waals surface area contributed by atoms with Gasteiger partial charge in [-0.2, -0.15) is 18.3 Å². The smallest absolute Gasteiger partial charge is 0.368 e. The molecule has 1 fully saturated rings. The van der Waals surface area contributed by atoms with E-state index in [1.807, 2.05) is 0 Å². The number of morpholine rings is 1. The van der Waals surface area contributed by atoms with Crippen LogP contribution >= 0.6 is 0 Å². The quantitative estimate of drug-likeness (QED) is 0.826. The molecule has 0 spiro atoms. The van der Waals surface area contributed by atoms with E-state index in [4.69, 9.17) is 4.74 Å². The average molecular weight is 341 g/mol. The third-order valence-electron chi connectivity index (χ3n) is 3.66. The van der Waals surface area contributed by atoms with Crippen LogP contribution in [0.3, 0.4) is 0 Å². The van der Waals surface area contributed by atoms with Crippen molar-refractivity contribution in [1.29, 1.82) is 0 Å². The zero-order valence-corrected chi connectivity index (χ0v) is 12.7. The number of nitrogens with zero attached hydrogens (tertiary/aromatic N) is 5. The van der Waals surface area contributed by atoms with Gasteiger partial charge in [0.2, 0.25) is 0 Å². The number of alkyl halides is 3. The fourth-order valence-corrected chi connectivity index (χ4v) is 2.49. The summed E-state index contributed by atoms with van der Waals surface area (Å²) in [5.74, 6) is -0.571. The summed E-state index contributed by atoms with van der Waals surface area (Å²) in [7, 11) is 1.15. The normalized spacial score (nSPS) is 18.7. The molecule has 3 heterocycles. The molecule has 3 rings (SSSR count). The van der Waals surface area contributed by atoms with Gasteiger partial charge in [0.1, 0.15) is 11.8 Å².